The number of aliphatic imine (C=N–C) groups is 2. The van der Waals surface area contributed by atoms with Gasteiger partial charge in [-0.1, -0.05) is 201 Å². The van der Waals surface area contributed by atoms with Gasteiger partial charge in [0.2, 0.25) is 0 Å². The first-order valence-corrected chi connectivity index (χ1v) is 32.4. The van der Waals surface area contributed by atoms with Crippen molar-refractivity contribution in [3.8, 4) is 34.8 Å². The zero-order valence-electron chi connectivity index (χ0n) is 53.6. The minimum absolute atomic E-state index is 0. The molecule has 0 radical (unpaired) electrons. The smallest absolute Gasteiger partial charge is 0.545 e. The normalized spacial score (nSPS) is 11.2. The molecule has 0 bridgehead atoms. The molecule has 84 heavy (non-hydrogen) atoms. The molecule has 468 valence electrons. The van der Waals surface area contributed by atoms with E-state index in [4.69, 9.17) is 9.98 Å². The first kappa shape index (κ1) is 76.4. The Morgan fingerprint density at radius 3 is 1.11 bits per heavy atom. The number of aromatic hydroxyl groups is 4. The van der Waals surface area contributed by atoms with Gasteiger partial charge in [-0.15, -0.1) is 0 Å². The van der Waals surface area contributed by atoms with Crippen LogP contribution in [-0.4, -0.2) is 43.8 Å². The maximum absolute atomic E-state index is 10.7. The molecule has 4 rings (SSSR count). The van der Waals surface area contributed by atoms with Crippen LogP contribution in [-0.2, 0) is 55.0 Å². The molecule has 4 aromatic rings. The first-order chi connectivity index (χ1) is 40.0. The number of hydrogen-bond donors (Lipinski definition) is 4. The van der Waals surface area contributed by atoms with Crippen LogP contribution in [0.2, 0.25) is 0 Å². The molecular formula is C73H108N2NiO8. The van der Waals surface area contributed by atoms with Crippen molar-refractivity contribution in [1.29, 1.82) is 0 Å². The Hall–Kier alpha value is -5.59. The van der Waals surface area contributed by atoms with E-state index in [-0.39, 0.29) is 27.6 Å². The molecule has 4 aromatic carbocycles. The van der Waals surface area contributed by atoms with Crippen LogP contribution in [0.15, 0.2) is 58.5 Å². The number of carbonyl (C=O) groups excluding carboxylic acids is 2. The van der Waals surface area contributed by atoms with E-state index < -0.39 is 34.9 Å². The molecule has 0 heterocycles. The van der Waals surface area contributed by atoms with Crippen LogP contribution in [0.5, 0.6) is 23.0 Å². The van der Waals surface area contributed by atoms with E-state index >= 15 is 0 Å². The standard InChI is InChI=1S/C53H86N2.2C10H12O4.Ni/c1-7-12-17-18-19-20-21-22-23-24-25-26-27-28-29-34-39-53(55-52-43-41-48(36-31-14-9-3)50(45-52)38-33-16-11-5)46(6)54-51-42-40-47(35-30-13-8-2)49(44-51)37-32-15-10-4;2*1-3-6-5(2)4-7(11)9(12)8(6)10(13)14;/h40-45H,7-33,35-38H2,1-6H3;2*4,11-12H,3H2,1-2H3,(H,13,14);/q;;;+2/p-2. The number of nitrogens with zero attached hydrogens (tertiary/aromatic N) is 2. The minimum Gasteiger partial charge on any atom is -0.545 e. The van der Waals surface area contributed by atoms with Crippen LogP contribution in [0, 0.1) is 25.7 Å². The number of carboxylic acids is 2. The molecule has 10 nitrogen and oxygen atoms in total. The Labute approximate surface area is 518 Å². The second kappa shape index (κ2) is 45.7. The predicted octanol–water partition coefficient (Wildman–Crippen LogP) is 18.0. The van der Waals surface area contributed by atoms with Crippen LogP contribution < -0.4 is 10.2 Å². The van der Waals surface area contributed by atoms with Crippen LogP contribution in [0.25, 0.3) is 0 Å². The second-order valence-electron chi connectivity index (χ2n) is 22.7. The molecule has 4 N–H and O–H groups in total. The Morgan fingerprint density at radius 1 is 0.440 bits per heavy atom. The zero-order valence-corrected chi connectivity index (χ0v) is 54.6. The molecule has 0 atom stereocenters. The fraction of sp³-hybridized carbons (Fsp3) is 0.589. The van der Waals surface area contributed by atoms with Gasteiger partial charge in [0.25, 0.3) is 0 Å². The van der Waals surface area contributed by atoms with Crippen LogP contribution in [0.1, 0.15) is 294 Å². The molecule has 0 amide bonds. The summed E-state index contributed by atoms with van der Waals surface area (Å²) in [5, 5.41) is 58.5. The van der Waals surface area contributed by atoms with Gasteiger partial charge in [-0.2, -0.15) is 0 Å². The number of rotatable bonds is 37. The summed E-state index contributed by atoms with van der Waals surface area (Å²) in [5.74, 6) is 2.03. The molecule has 0 unspecified atom stereocenters. The number of carboxylic acid groups (broad SMARTS) is 2. The van der Waals surface area contributed by atoms with Gasteiger partial charge in [-0.05, 0) is 178 Å². The van der Waals surface area contributed by atoms with Gasteiger partial charge in [0.05, 0.1) is 29.0 Å². The van der Waals surface area contributed by atoms with E-state index in [1.807, 2.05) is 0 Å². The zero-order chi connectivity index (χ0) is 61.4. The summed E-state index contributed by atoms with van der Waals surface area (Å²) in [7, 11) is 0. The monoisotopic (exact) mass is 1200 g/mol. The number of phenolic OH excluding ortho intramolecular Hbond substituents is 2. The summed E-state index contributed by atoms with van der Waals surface area (Å²) in [6, 6.07) is 16.5. The molecule has 0 fully saturated rings. The molecule has 0 saturated heterocycles. The van der Waals surface area contributed by atoms with Crippen molar-refractivity contribution in [2.45, 2.75) is 281 Å². The largest absolute Gasteiger partial charge is 2.00 e. The maximum atomic E-state index is 10.7. The van der Waals surface area contributed by atoms with E-state index in [1.54, 1.807) is 27.7 Å². The SMILES string of the molecule is CCCCCCCCCCCCCCCCC#CC(=Nc1ccc(CCCCC)c(CCCCC)c1)C(C)=Nc1ccc(CCCCC)c(CCCCC)c1.CCc1c(C)cc(O)c(O)c1C(=O)[O-].CCc1c(C)cc(O)c(O)c1C(=O)[O-].[Ni+2]. The minimum atomic E-state index is -1.47. The van der Waals surface area contributed by atoms with Crippen molar-refractivity contribution < 1.29 is 56.7 Å². The maximum Gasteiger partial charge on any atom is 2.00 e. The number of carbonyl (C=O) groups is 2. The Kier molecular flexibility index (Phi) is 41.6. The van der Waals surface area contributed by atoms with E-state index in [2.05, 4.69) is 89.8 Å². The quantitative estimate of drug-likeness (QED) is 0.0113. The third-order valence-electron chi connectivity index (χ3n) is 15.7. The fourth-order valence-electron chi connectivity index (χ4n) is 10.7. The van der Waals surface area contributed by atoms with Gasteiger partial charge in [0.15, 0.2) is 23.0 Å². The van der Waals surface area contributed by atoms with Crippen LogP contribution in [0.3, 0.4) is 0 Å². The number of aryl methyl sites for hydroxylation is 6. The number of hydrogen-bond acceptors (Lipinski definition) is 10. The van der Waals surface area contributed by atoms with E-state index in [0.29, 0.717) is 35.1 Å². The number of benzene rings is 4. The van der Waals surface area contributed by atoms with Crippen LogP contribution >= 0.6 is 0 Å². The van der Waals surface area contributed by atoms with E-state index in [0.717, 1.165) is 42.1 Å². The van der Waals surface area contributed by atoms with Crippen molar-refractivity contribution in [2.75, 3.05) is 0 Å². The second-order valence-corrected chi connectivity index (χ2v) is 22.7. The van der Waals surface area contributed by atoms with Gasteiger partial charge >= 0.3 is 16.5 Å². The van der Waals surface area contributed by atoms with Crippen molar-refractivity contribution in [3.63, 3.8) is 0 Å². The molecule has 0 aliphatic rings. The Morgan fingerprint density at radius 2 is 0.762 bits per heavy atom. The summed E-state index contributed by atoms with van der Waals surface area (Å²) in [4.78, 5) is 31.9. The summed E-state index contributed by atoms with van der Waals surface area (Å²) in [6.07, 6.45) is 41.0. The molecule has 0 aliphatic carbocycles. The van der Waals surface area contributed by atoms with Crippen LogP contribution in [0.4, 0.5) is 11.4 Å². The van der Waals surface area contributed by atoms with Crippen molar-refractivity contribution in [1.82, 2.24) is 0 Å². The van der Waals surface area contributed by atoms with Gasteiger partial charge in [-0.3, -0.25) is 4.99 Å². The fourth-order valence-corrected chi connectivity index (χ4v) is 10.7. The third kappa shape index (κ3) is 29.0. The average Bonchev–Trinajstić information content (AvgIpc) is 2.46. The van der Waals surface area contributed by atoms with Gasteiger partial charge in [0, 0.05) is 17.5 Å². The van der Waals surface area contributed by atoms with Crippen molar-refractivity contribution in [2.24, 2.45) is 9.98 Å². The molecule has 0 aliphatic heterocycles. The van der Waals surface area contributed by atoms with Gasteiger partial charge < -0.3 is 40.2 Å². The summed E-state index contributed by atoms with van der Waals surface area (Å²) >= 11 is 0. The average molecular weight is 1200 g/mol. The topological polar surface area (TPSA) is 186 Å². The number of phenols is 4. The predicted molar refractivity (Wildman–Crippen MR) is 345 cm³/mol. The Balaban J connectivity index is 0.000000979. The molecular weight excluding hydrogens is 1090 g/mol. The van der Waals surface area contributed by atoms with Crippen molar-refractivity contribution >= 4 is 34.7 Å². The third-order valence-corrected chi connectivity index (χ3v) is 15.7. The first-order valence-electron chi connectivity index (χ1n) is 32.4. The number of aromatic carboxylic acids is 2. The summed E-state index contributed by atoms with van der Waals surface area (Å²) in [6.45, 7) is 20.5. The van der Waals surface area contributed by atoms with Gasteiger partial charge in [-0.25, -0.2) is 4.99 Å². The molecule has 0 aromatic heterocycles. The van der Waals surface area contributed by atoms with E-state index in [9.17, 15) is 40.2 Å². The molecule has 0 saturated carbocycles. The molecule has 0 spiro atoms. The van der Waals surface area contributed by atoms with Gasteiger partial charge in [0.1, 0.15) is 5.71 Å². The summed E-state index contributed by atoms with van der Waals surface area (Å²) in [5.41, 5.74) is 11.4. The molecule has 11 heteroatoms. The summed E-state index contributed by atoms with van der Waals surface area (Å²) < 4.78 is 0. The number of unbranched alkanes of at least 4 members (excludes halogenated alkanes) is 22. The Bertz CT molecular complexity index is 2590. The van der Waals surface area contributed by atoms with Crippen molar-refractivity contribution in [3.05, 3.63) is 104 Å². The van der Waals surface area contributed by atoms with E-state index in [1.165, 1.54) is 214 Å².